The third-order valence-electron chi connectivity index (χ3n) is 5.80. The first-order valence-corrected chi connectivity index (χ1v) is 12.3. The van der Waals surface area contributed by atoms with Crippen LogP contribution in [0.3, 0.4) is 0 Å². The monoisotopic (exact) mass is 466 g/mol. The molecule has 0 unspecified atom stereocenters. The highest BCUT2D eigenvalue weighted by Crippen LogP contribution is 2.30. The Morgan fingerprint density at radius 3 is 2.39 bits per heavy atom. The van der Waals surface area contributed by atoms with Gasteiger partial charge in [0.15, 0.2) is 0 Å². The number of esters is 2. The van der Waals surface area contributed by atoms with Gasteiger partial charge in [0, 0.05) is 0 Å². The van der Waals surface area contributed by atoms with E-state index in [1.54, 1.807) is 30.3 Å². The lowest BCUT2D eigenvalue weighted by Crippen LogP contribution is -2.46. The Hall–Kier alpha value is -3.23. The van der Waals surface area contributed by atoms with Crippen molar-refractivity contribution in [3.8, 4) is 0 Å². The molecule has 33 heavy (non-hydrogen) atoms. The molecule has 0 saturated carbocycles. The van der Waals surface area contributed by atoms with Gasteiger partial charge >= 0.3 is 11.9 Å². The molecule has 4 rings (SSSR count). The maximum absolute atomic E-state index is 13.7. The predicted molar refractivity (Wildman–Crippen MR) is 126 cm³/mol. The lowest BCUT2D eigenvalue weighted by atomic mass is 10.1. The third kappa shape index (κ3) is 4.77. The molecule has 0 spiro atoms. The molecule has 0 bridgehead atoms. The summed E-state index contributed by atoms with van der Waals surface area (Å²) in [6.45, 7) is 3.97. The molecule has 8 heteroatoms. The summed E-state index contributed by atoms with van der Waals surface area (Å²) in [6, 6.07) is 17.3. The van der Waals surface area contributed by atoms with Crippen LogP contribution in [0.2, 0.25) is 0 Å². The van der Waals surface area contributed by atoms with Gasteiger partial charge in [0.25, 0.3) is 10.0 Å². The van der Waals surface area contributed by atoms with Gasteiger partial charge in [0.2, 0.25) is 0 Å². The summed E-state index contributed by atoms with van der Waals surface area (Å²) in [5.41, 5.74) is 1.22. The second-order valence-corrected chi connectivity index (χ2v) is 10.0. The second-order valence-electron chi connectivity index (χ2n) is 8.21. The number of rotatable bonds is 6. The molecule has 1 N–H and O–H groups in total. The number of anilines is 1. The summed E-state index contributed by atoms with van der Waals surface area (Å²) in [4.78, 5) is 25.4. The number of hydrogen-bond donors (Lipinski definition) is 1. The van der Waals surface area contributed by atoms with Crippen LogP contribution in [0.4, 0.5) is 5.69 Å². The molecule has 2 atom stereocenters. The highest BCUT2D eigenvalue weighted by Gasteiger charge is 2.36. The Morgan fingerprint density at radius 1 is 1.03 bits per heavy atom. The maximum Gasteiger partial charge on any atom is 0.337 e. The minimum atomic E-state index is -4.13. The van der Waals surface area contributed by atoms with E-state index >= 15 is 0 Å². The summed E-state index contributed by atoms with van der Waals surface area (Å²) in [5.74, 6) is -1.60. The van der Waals surface area contributed by atoms with Gasteiger partial charge in [0.05, 0.1) is 10.6 Å². The van der Waals surface area contributed by atoms with E-state index in [-0.39, 0.29) is 4.90 Å². The fourth-order valence-corrected chi connectivity index (χ4v) is 5.55. The standard InChI is InChI=1S/C25H26N2O5S/c1-17-9-13-22(14-10-17)33(30,31)27(21-12-11-19-6-3-4-7-20(19)16-21)18(2)24(28)32-25(29)23-8-5-15-26-23/h3-4,6-7,9-14,16,18,23,26H,5,8,15H2,1-2H3/t18-,23-/m0/s1. The Kier molecular flexibility index (Phi) is 6.49. The van der Waals surface area contributed by atoms with Crippen LogP contribution in [-0.4, -0.2) is 39.0 Å². The number of ether oxygens (including phenoxy) is 1. The molecule has 1 fully saturated rings. The zero-order chi connectivity index (χ0) is 23.6. The van der Waals surface area contributed by atoms with Crippen molar-refractivity contribution in [2.24, 2.45) is 0 Å². The summed E-state index contributed by atoms with van der Waals surface area (Å²) >= 11 is 0. The van der Waals surface area contributed by atoms with Gasteiger partial charge < -0.3 is 10.1 Å². The highest BCUT2D eigenvalue weighted by atomic mass is 32.2. The van der Waals surface area contributed by atoms with Crippen molar-refractivity contribution in [3.63, 3.8) is 0 Å². The first kappa shape index (κ1) is 22.9. The summed E-state index contributed by atoms with van der Waals surface area (Å²) < 4.78 is 33.5. The topological polar surface area (TPSA) is 92.8 Å². The van der Waals surface area contributed by atoms with E-state index in [0.717, 1.165) is 27.1 Å². The van der Waals surface area contributed by atoms with E-state index in [9.17, 15) is 18.0 Å². The van der Waals surface area contributed by atoms with Gasteiger partial charge in [0.1, 0.15) is 12.1 Å². The lowest BCUT2D eigenvalue weighted by Gasteiger charge is -2.29. The number of aryl methyl sites for hydroxylation is 1. The van der Waals surface area contributed by atoms with Crippen LogP contribution in [0.15, 0.2) is 71.6 Å². The van der Waals surface area contributed by atoms with E-state index in [4.69, 9.17) is 4.74 Å². The average molecular weight is 467 g/mol. The number of carbonyl (C=O) groups excluding carboxylic acids is 2. The Labute approximate surface area is 193 Å². The van der Waals surface area contributed by atoms with Gasteiger partial charge in [-0.05, 0) is 68.3 Å². The molecule has 3 aromatic carbocycles. The van der Waals surface area contributed by atoms with Crippen molar-refractivity contribution >= 4 is 38.4 Å². The number of benzene rings is 3. The van der Waals surface area contributed by atoms with Gasteiger partial charge in [-0.2, -0.15) is 0 Å². The minimum absolute atomic E-state index is 0.0460. The minimum Gasteiger partial charge on any atom is -0.390 e. The summed E-state index contributed by atoms with van der Waals surface area (Å²) in [7, 11) is -4.13. The fourth-order valence-electron chi connectivity index (χ4n) is 3.95. The van der Waals surface area contributed by atoms with Gasteiger partial charge in [-0.25, -0.2) is 18.0 Å². The molecule has 1 saturated heterocycles. The first-order chi connectivity index (χ1) is 15.8. The van der Waals surface area contributed by atoms with E-state index in [2.05, 4.69) is 5.32 Å². The molecule has 1 aliphatic rings. The van der Waals surface area contributed by atoms with Crippen molar-refractivity contribution in [3.05, 3.63) is 72.3 Å². The predicted octanol–water partition coefficient (Wildman–Crippen LogP) is 3.55. The van der Waals surface area contributed by atoms with Crippen molar-refractivity contribution < 1.29 is 22.7 Å². The molecular formula is C25H26N2O5S. The van der Waals surface area contributed by atoms with Crippen molar-refractivity contribution in [1.29, 1.82) is 0 Å². The molecule has 0 amide bonds. The van der Waals surface area contributed by atoms with Gasteiger partial charge in [-0.1, -0.05) is 48.0 Å². The molecule has 0 aliphatic carbocycles. The van der Waals surface area contributed by atoms with Crippen LogP contribution in [0.1, 0.15) is 25.3 Å². The third-order valence-corrected chi connectivity index (χ3v) is 7.72. The van der Waals surface area contributed by atoms with E-state index < -0.39 is 34.0 Å². The quantitative estimate of drug-likeness (QED) is 0.441. The van der Waals surface area contributed by atoms with Gasteiger partial charge in [-0.3, -0.25) is 4.31 Å². The molecule has 1 aliphatic heterocycles. The van der Waals surface area contributed by atoms with Crippen LogP contribution in [0, 0.1) is 6.92 Å². The summed E-state index contributed by atoms with van der Waals surface area (Å²) in [5, 5.41) is 4.75. The van der Waals surface area contributed by atoms with Crippen molar-refractivity contribution in [1.82, 2.24) is 5.32 Å². The fraction of sp³-hybridized carbons (Fsp3) is 0.280. The number of nitrogens with one attached hydrogen (secondary N) is 1. The van der Waals surface area contributed by atoms with Crippen molar-refractivity contribution in [2.45, 2.75) is 43.7 Å². The Morgan fingerprint density at radius 2 is 1.73 bits per heavy atom. The van der Waals surface area contributed by atoms with Crippen LogP contribution >= 0.6 is 0 Å². The first-order valence-electron chi connectivity index (χ1n) is 10.9. The van der Waals surface area contributed by atoms with Crippen LogP contribution in [0.25, 0.3) is 10.8 Å². The molecular weight excluding hydrogens is 440 g/mol. The molecule has 7 nitrogen and oxygen atoms in total. The van der Waals surface area contributed by atoms with E-state index in [1.165, 1.54) is 19.1 Å². The second kappa shape index (κ2) is 9.33. The van der Waals surface area contributed by atoms with Gasteiger partial charge in [-0.15, -0.1) is 0 Å². The van der Waals surface area contributed by atoms with Crippen molar-refractivity contribution in [2.75, 3.05) is 10.8 Å². The van der Waals surface area contributed by atoms with E-state index in [1.807, 2.05) is 31.2 Å². The molecule has 0 aromatic heterocycles. The SMILES string of the molecule is Cc1ccc(S(=O)(=O)N(c2ccc3ccccc3c2)[C@@H](C)C(=O)OC(=O)[C@@H]2CCCN2)cc1. The average Bonchev–Trinajstić information content (AvgIpc) is 3.34. The zero-order valence-corrected chi connectivity index (χ0v) is 19.3. The molecule has 172 valence electrons. The van der Waals surface area contributed by atoms with E-state index in [0.29, 0.717) is 18.7 Å². The normalized spacial score (nSPS) is 17.0. The highest BCUT2D eigenvalue weighted by molar-refractivity contribution is 7.93. The number of fused-ring (bicyclic) bond motifs is 1. The Bertz CT molecular complexity index is 1280. The van der Waals surface area contributed by atoms with Crippen LogP contribution in [0.5, 0.6) is 0 Å². The number of hydrogen-bond acceptors (Lipinski definition) is 6. The molecule has 1 heterocycles. The largest absolute Gasteiger partial charge is 0.390 e. The Balaban J connectivity index is 1.73. The lowest BCUT2D eigenvalue weighted by molar-refractivity contribution is -0.161. The van der Waals surface area contributed by atoms with Crippen LogP contribution < -0.4 is 9.62 Å². The number of carbonyl (C=O) groups is 2. The number of sulfonamides is 1. The summed E-state index contributed by atoms with van der Waals surface area (Å²) in [6.07, 6.45) is 1.39. The number of nitrogens with zero attached hydrogens (tertiary/aromatic N) is 1. The molecule has 3 aromatic rings. The molecule has 0 radical (unpaired) electrons. The smallest absolute Gasteiger partial charge is 0.337 e. The zero-order valence-electron chi connectivity index (χ0n) is 18.5. The maximum atomic E-state index is 13.7. The van der Waals surface area contributed by atoms with Crippen LogP contribution in [-0.2, 0) is 24.3 Å².